The van der Waals surface area contributed by atoms with E-state index in [1.165, 1.54) is 6.07 Å². The average Bonchev–Trinajstić information content (AvgIpc) is 3.11. The number of carbonyl (C=O) groups excluding carboxylic acids is 1. The Kier molecular flexibility index (Phi) is 4.38. The number of allylic oxidation sites excluding steroid dienone is 2. The summed E-state index contributed by atoms with van der Waals surface area (Å²) >= 11 is 0. The minimum Gasteiger partial charge on any atom is -0.507 e. The molecule has 3 N–H and O–H groups in total. The highest BCUT2D eigenvalue weighted by Crippen LogP contribution is 2.34. The number of phenols is 2. The molecule has 1 heterocycles. The molecule has 2 aromatic rings. The summed E-state index contributed by atoms with van der Waals surface area (Å²) in [6.07, 6.45) is 7.34. The van der Waals surface area contributed by atoms with E-state index in [1.807, 2.05) is 54.6 Å². The zero-order valence-electron chi connectivity index (χ0n) is 14.4. The van der Waals surface area contributed by atoms with E-state index in [1.54, 1.807) is 0 Å². The van der Waals surface area contributed by atoms with Gasteiger partial charge in [0.15, 0.2) is 6.10 Å². The molecule has 2 atom stereocenters. The normalized spacial score (nSPS) is 19.9. The summed E-state index contributed by atoms with van der Waals surface area (Å²) in [6, 6.07) is 12.1. The maximum Gasteiger partial charge on any atom is 0.255 e. The smallest absolute Gasteiger partial charge is 0.255 e. The van der Waals surface area contributed by atoms with Gasteiger partial charge in [0.25, 0.3) is 5.91 Å². The first-order valence-corrected chi connectivity index (χ1v) is 8.60. The number of phenolic OH excluding ortho intramolecular Hbond substituents is 2. The van der Waals surface area contributed by atoms with Crippen molar-refractivity contribution in [1.29, 1.82) is 0 Å². The highest BCUT2D eigenvalue weighted by molar-refractivity contribution is 6.09. The molecule has 0 saturated heterocycles. The summed E-state index contributed by atoms with van der Waals surface area (Å²) in [4.78, 5) is 17.9. The van der Waals surface area contributed by atoms with Crippen molar-refractivity contribution >= 4 is 11.6 Å². The highest BCUT2D eigenvalue weighted by Gasteiger charge is 2.34. The summed E-state index contributed by atoms with van der Waals surface area (Å²) in [5.74, 6) is -1.03. The number of amides is 1. The number of nitrogens with one attached hydrogen (secondary N) is 1. The fourth-order valence-corrected chi connectivity index (χ4v) is 3.18. The topological polar surface area (TPSA) is 91.2 Å². The molecule has 2 aromatic carbocycles. The number of benzene rings is 2. The molecule has 1 aliphatic heterocycles. The summed E-state index contributed by atoms with van der Waals surface area (Å²) in [7, 11) is 0. The second kappa shape index (κ2) is 6.99. The van der Waals surface area contributed by atoms with Crippen molar-refractivity contribution < 1.29 is 19.8 Å². The van der Waals surface area contributed by atoms with E-state index in [-0.39, 0.29) is 29.1 Å². The van der Waals surface area contributed by atoms with Gasteiger partial charge in [-0.3, -0.25) is 4.79 Å². The Morgan fingerprint density at radius 3 is 2.67 bits per heavy atom. The van der Waals surface area contributed by atoms with Gasteiger partial charge in [-0.25, -0.2) is 0 Å². The summed E-state index contributed by atoms with van der Waals surface area (Å²) in [6.45, 7) is 0.331. The van der Waals surface area contributed by atoms with E-state index in [9.17, 15) is 15.0 Å². The average molecular weight is 362 g/mol. The lowest BCUT2D eigenvalue weighted by molar-refractivity contribution is 0.0948. The number of hydrogen-bond donors (Lipinski definition) is 3. The lowest BCUT2D eigenvalue weighted by Crippen LogP contribution is -2.24. The van der Waals surface area contributed by atoms with Crippen molar-refractivity contribution in [3.63, 3.8) is 0 Å². The van der Waals surface area contributed by atoms with Gasteiger partial charge in [0.05, 0.1) is 11.5 Å². The van der Waals surface area contributed by atoms with Crippen molar-refractivity contribution in [2.75, 3.05) is 0 Å². The molecule has 0 fully saturated rings. The van der Waals surface area contributed by atoms with Gasteiger partial charge in [0.2, 0.25) is 0 Å². The molecule has 2 unspecified atom stereocenters. The predicted molar refractivity (Wildman–Crippen MR) is 101 cm³/mol. The Morgan fingerprint density at radius 2 is 1.85 bits per heavy atom. The van der Waals surface area contributed by atoms with Gasteiger partial charge in [0, 0.05) is 18.2 Å². The minimum atomic E-state index is -0.437. The van der Waals surface area contributed by atoms with Crippen LogP contribution in [0.15, 0.2) is 71.9 Å². The molecule has 136 valence electrons. The van der Waals surface area contributed by atoms with Crippen molar-refractivity contribution in [2.24, 2.45) is 11.1 Å². The molecule has 0 saturated carbocycles. The maximum absolute atomic E-state index is 12.6. The van der Waals surface area contributed by atoms with E-state index in [2.05, 4.69) is 10.5 Å². The first kappa shape index (κ1) is 16.9. The standard InChI is InChI=1S/C21H18N2O4/c24-17-11-18(25)16(21(26)22-12-13-6-2-1-3-7-13)10-15(17)20-14-8-4-5-9-19(14)27-23-20/h1-11,14,19,24-25H,12H2,(H,22,26). The number of carbonyl (C=O) groups is 1. The monoisotopic (exact) mass is 362 g/mol. The van der Waals surface area contributed by atoms with Crippen LogP contribution in [0.5, 0.6) is 11.5 Å². The number of oxime groups is 1. The van der Waals surface area contributed by atoms with Crippen molar-refractivity contribution in [3.05, 3.63) is 83.5 Å². The second-order valence-corrected chi connectivity index (χ2v) is 6.40. The van der Waals surface area contributed by atoms with Crippen LogP contribution in [0, 0.1) is 5.92 Å². The Morgan fingerprint density at radius 1 is 1.07 bits per heavy atom. The summed E-state index contributed by atoms with van der Waals surface area (Å²) in [5, 5.41) is 27.3. The third-order valence-corrected chi connectivity index (χ3v) is 4.60. The number of rotatable bonds is 4. The van der Waals surface area contributed by atoms with Crippen LogP contribution in [0.2, 0.25) is 0 Å². The van der Waals surface area contributed by atoms with E-state index in [0.717, 1.165) is 11.6 Å². The fourth-order valence-electron chi connectivity index (χ4n) is 3.18. The van der Waals surface area contributed by atoms with Crippen LogP contribution in [0.25, 0.3) is 0 Å². The third kappa shape index (κ3) is 3.29. The molecule has 1 amide bonds. The summed E-state index contributed by atoms with van der Waals surface area (Å²) in [5.41, 5.74) is 1.90. The van der Waals surface area contributed by atoms with Gasteiger partial charge < -0.3 is 20.4 Å². The predicted octanol–water partition coefficient (Wildman–Crippen LogP) is 2.87. The van der Waals surface area contributed by atoms with E-state index in [0.29, 0.717) is 17.8 Å². The van der Waals surface area contributed by atoms with Gasteiger partial charge in [-0.2, -0.15) is 0 Å². The van der Waals surface area contributed by atoms with Gasteiger partial charge in [-0.15, -0.1) is 0 Å². The van der Waals surface area contributed by atoms with Crippen molar-refractivity contribution in [3.8, 4) is 11.5 Å². The molecule has 2 aliphatic rings. The Hall–Kier alpha value is -3.54. The molecule has 27 heavy (non-hydrogen) atoms. The Labute approximate surface area is 156 Å². The number of fused-ring (bicyclic) bond motifs is 1. The van der Waals surface area contributed by atoms with Crippen molar-refractivity contribution in [2.45, 2.75) is 12.6 Å². The van der Waals surface area contributed by atoms with Crippen molar-refractivity contribution in [1.82, 2.24) is 5.32 Å². The zero-order valence-corrected chi connectivity index (χ0v) is 14.4. The third-order valence-electron chi connectivity index (χ3n) is 4.60. The van der Waals surface area contributed by atoms with Gasteiger partial charge in [0.1, 0.15) is 17.2 Å². The van der Waals surface area contributed by atoms with Gasteiger partial charge in [-0.05, 0) is 17.7 Å². The van der Waals surface area contributed by atoms with Crippen LogP contribution < -0.4 is 5.32 Å². The van der Waals surface area contributed by atoms with Crippen LogP contribution >= 0.6 is 0 Å². The molecule has 4 rings (SSSR count). The molecule has 0 aromatic heterocycles. The highest BCUT2D eigenvalue weighted by atomic mass is 16.6. The molecular formula is C21H18N2O4. The van der Waals surface area contributed by atoms with E-state index in [4.69, 9.17) is 4.84 Å². The van der Waals surface area contributed by atoms with Gasteiger partial charge in [-0.1, -0.05) is 53.7 Å². The van der Waals surface area contributed by atoms with Crippen LogP contribution in [0.4, 0.5) is 0 Å². The zero-order chi connectivity index (χ0) is 18.8. The second-order valence-electron chi connectivity index (χ2n) is 6.40. The van der Waals surface area contributed by atoms with Gasteiger partial charge >= 0.3 is 0 Å². The Balaban J connectivity index is 1.59. The van der Waals surface area contributed by atoms with Crippen LogP contribution in [0.1, 0.15) is 21.5 Å². The van der Waals surface area contributed by atoms with Crippen LogP contribution in [-0.4, -0.2) is 27.9 Å². The lowest BCUT2D eigenvalue weighted by atomic mass is 9.88. The van der Waals surface area contributed by atoms with Crippen LogP contribution in [0.3, 0.4) is 0 Å². The minimum absolute atomic E-state index is 0.0696. The number of nitrogens with zero attached hydrogens (tertiary/aromatic N) is 1. The number of aromatic hydroxyl groups is 2. The first-order chi connectivity index (χ1) is 13.1. The van der Waals surface area contributed by atoms with Crippen LogP contribution in [-0.2, 0) is 11.4 Å². The largest absolute Gasteiger partial charge is 0.507 e. The molecule has 0 radical (unpaired) electrons. The quantitative estimate of drug-likeness (QED) is 0.780. The molecule has 0 bridgehead atoms. The lowest BCUT2D eigenvalue weighted by Gasteiger charge is -2.16. The van der Waals surface area contributed by atoms with E-state index < -0.39 is 5.91 Å². The van der Waals surface area contributed by atoms with E-state index >= 15 is 0 Å². The molecule has 1 aliphatic carbocycles. The number of hydrogen-bond acceptors (Lipinski definition) is 5. The molecule has 0 spiro atoms. The molecule has 6 heteroatoms. The molecule has 6 nitrogen and oxygen atoms in total. The Bertz CT molecular complexity index is 964. The maximum atomic E-state index is 12.6. The first-order valence-electron chi connectivity index (χ1n) is 8.60. The fraction of sp³-hybridized carbons (Fsp3) is 0.143. The SMILES string of the molecule is O=C(NCc1ccccc1)c1cc(C2=NOC3C=CC=CC23)c(O)cc1O. The molecular weight excluding hydrogens is 344 g/mol. The summed E-state index contributed by atoms with van der Waals surface area (Å²) < 4.78 is 0.